The first-order valence-electron chi connectivity index (χ1n) is 7.73. The highest BCUT2D eigenvalue weighted by molar-refractivity contribution is 5.38. The molecule has 2 aliphatic rings. The van der Waals surface area contributed by atoms with Crippen molar-refractivity contribution in [3.8, 4) is 5.75 Å². The quantitative estimate of drug-likeness (QED) is 0.821. The summed E-state index contributed by atoms with van der Waals surface area (Å²) in [7, 11) is 1.75. The molecule has 0 aliphatic heterocycles. The van der Waals surface area contributed by atoms with Crippen molar-refractivity contribution in [2.75, 3.05) is 13.7 Å². The molecule has 1 aromatic rings. The maximum atomic E-state index is 5.49. The zero-order valence-corrected chi connectivity index (χ0v) is 12.7. The number of fused-ring (bicyclic) bond motifs is 2. The van der Waals surface area contributed by atoms with Crippen LogP contribution < -0.4 is 10.1 Å². The average molecular weight is 271 g/mol. The standard InChI is InChI=1S/C18H25NO/c1-12-4-7-18(20-3)17(8-12)13(2)19-11-16-10-14-5-6-15(16)9-14/h4-8,13-16,19H,9-11H2,1-3H3. The van der Waals surface area contributed by atoms with Crippen LogP contribution in [0.15, 0.2) is 30.4 Å². The van der Waals surface area contributed by atoms with E-state index < -0.39 is 0 Å². The van der Waals surface area contributed by atoms with Gasteiger partial charge in [-0.15, -0.1) is 0 Å². The van der Waals surface area contributed by atoms with Gasteiger partial charge in [0.15, 0.2) is 0 Å². The largest absolute Gasteiger partial charge is 0.496 e. The van der Waals surface area contributed by atoms with Gasteiger partial charge in [0.25, 0.3) is 0 Å². The Bertz CT molecular complexity index is 508. The molecule has 2 heteroatoms. The first-order valence-corrected chi connectivity index (χ1v) is 7.73. The molecule has 0 heterocycles. The fourth-order valence-corrected chi connectivity index (χ4v) is 3.76. The Hall–Kier alpha value is -1.28. The van der Waals surface area contributed by atoms with Crippen LogP contribution in [0.4, 0.5) is 0 Å². The lowest BCUT2D eigenvalue weighted by Gasteiger charge is -2.23. The van der Waals surface area contributed by atoms with Crippen LogP contribution in [-0.2, 0) is 0 Å². The van der Waals surface area contributed by atoms with Gasteiger partial charge in [0.1, 0.15) is 5.75 Å². The predicted octanol–water partition coefficient (Wildman–Crippen LogP) is 3.87. The third-order valence-corrected chi connectivity index (χ3v) is 4.95. The second kappa shape index (κ2) is 5.61. The second-order valence-corrected chi connectivity index (χ2v) is 6.42. The van der Waals surface area contributed by atoms with Crippen molar-refractivity contribution in [2.24, 2.45) is 17.8 Å². The van der Waals surface area contributed by atoms with Crippen molar-refractivity contribution >= 4 is 0 Å². The first kappa shape index (κ1) is 13.7. The van der Waals surface area contributed by atoms with Crippen LogP contribution >= 0.6 is 0 Å². The number of nitrogens with one attached hydrogen (secondary N) is 1. The third kappa shape index (κ3) is 2.62. The van der Waals surface area contributed by atoms with Crippen LogP contribution in [0.5, 0.6) is 5.75 Å². The van der Waals surface area contributed by atoms with E-state index in [9.17, 15) is 0 Å². The molecule has 0 radical (unpaired) electrons. The molecule has 2 aliphatic carbocycles. The Labute approximate surface area is 122 Å². The summed E-state index contributed by atoms with van der Waals surface area (Å²) in [5.41, 5.74) is 2.56. The summed E-state index contributed by atoms with van der Waals surface area (Å²) in [6.45, 7) is 5.49. The summed E-state index contributed by atoms with van der Waals surface area (Å²) >= 11 is 0. The predicted molar refractivity (Wildman–Crippen MR) is 83.0 cm³/mol. The summed E-state index contributed by atoms with van der Waals surface area (Å²) in [6, 6.07) is 6.75. The number of hydrogen-bond donors (Lipinski definition) is 1. The van der Waals surface area contributed by atoms with Gasteiger partial charge < -0.3 is 10.1 Å². The van der Waals surface area contributed by atoms with E-state index in [1.54, 1.807) is 7.11 Å². The van der Waals surface area contributed by atoms with Gasteiger partial charge in [-0.05, 0) is 57.1 Å². The van der Waals surface area contributed by atoms with Gasteiger partial charge in [-0.2, -0.15) is 0 Å². The molecule has 1 N–H and O–H groups in total. The van der Waals surface area contributed by atoms with Crippen molar-refractivity contribution in [1.82, 2.24) is 5.32 Å². The number of allylic oxidation sites excluding steroid dienone is 2. The van der Waals surface area contributed by atoms with Crippen molar-refractivity contribution < 1.29 is 4.74 Å². The number of rotatable bonds is 5. The zero-order chi connectivity index (χ0) is 14.1. The van der Waals surface area contributed by atoms with E-state index in [0.717, 1.165) is 30.0 Å². The molecule has 0 aromatic heterocycles. The molecule has 0 saturated heterocycles. The zero-order valence-electron chi connectivity index (χ0n) is 12.7. The lowest BCUT2D eigenvalue weighted by Crippen LogP contribution is -2.28. The van der Waals surface area contributed by atoms with Gasteiger partial charge in [-0.3, -0.25) is 0 Å². The van der Waals surface area contributed by atoms with Crippen LogP contribution in [-0.4, -0.2) is 13.7 Å². The normalized spacial score (nSPS) is 28.9. The van der Waals surface area contributed by atoms with Crippen molar-refractivity contribution in [3.63, 3.8) is 0 Å². The molecule has 1 fully saturated rings. The number of benzene rings is 1. The fourth-order valence-electron chi connectivity index (χ4n) is 3.76. The maximum Gasteiger partial charge on any atom is 0.123 e. The second-order valence-electron chi connectivity index (χ2n) is 6.42. The molecule has 1 saturated carbocycles. The Kier molecular flexibility index (Phi) is 3.84. The SMILES string of the molecule is COc1ccc(C)cc1C(C)NCC1CC2C=CC1C2. The number of hydrogen-bond acceptors (Lipinski definition) is 2. The van der Waals surface area contributed by atoms with E-state index >= 15 is 0 Å². The molecule has 20 heavy (non-hydrogen) atoms. The summed E-state index contributed by atoms with van der Waals surface area (Å²) in [5, 5.41) is 3.71. The van der Waals surface area contributed by atoms with E-state index in [1.807, 2.05) is 0 Å². The highest BCUT2D eigenvalue weighted by atomic mass is 16.5. The monoisotopic (exact) mass is 271 g/mol. The lowest BCUT2D eigenvalue weighted by atomic mass is 9.93. The van der Waals surface area contributed by atoms with Crippen LogP contribution in [0.3, 0.4) is 0 Å². The number of ether oxygens (including phenoxy) is 1. The molecular formula is C18H25NO. The third-order valence-electron chi connectivity index (χ3n) is 4.95. The maximum absolute atomic E-state index is 5.49. The van der Waals surface area contributed by atoms with Crippen LogP contribution in [0.2, 0.25) is 0 Å². The molecule has 4 atom stereocenters. The van der Waals surface area contributed by atoms with Gasteiger partial charge >= 0.3 is 0 Å². The highest BCUT2D eigenvalue weighted by Gasteiger charge is 2.35. The van der Waals surface area contributed by atoms with Gasteiger partial charge in [-0.1, -0.05) is 29.8 Å². The summed E-state index contributed by atoms with van der Waals surface area (Å²) in [6.07, 6.45) is 7.59. The molecule has 108 valence electrons. The Balaban J connectivity index is 1.63. The van der Waals surface area contributed by atoms with Crippen molar-refractivity contribution in [2.45, 2.75) is 32.7 Å². The van der Waals surface area contributed by atoms with E-state index in [2.05, 4.69) is 49.5 Å². The Morgan fingerprint density at radius 2 is 2.15 bits per heavy atom. The fraction of sp³-hybridized carbons (Fsp3) is 0.556. The topological polar surface area (TPSA) is 21.3 Å². The van der Waals surface area contributed by atoms with Crippen LogP contribution in [0, 0.1) is 24.7 Å². The molecule has 3 rings (SSSR count). The Morgan fingerprint density at radius 1 is 1.30 bits per heavy atom. The minimum absolute atomic E-state index is 0.341. The summed E-state index contributed by atoms with van der Waals surface area (Å²) < 4.78 is 5.49. The molecule has 0 spiro atoms. The highest BCUT2D eigenvalue weighted by Crippen LogP contribution is 2.43. The number of aryl methyl sites for hydroxylation is 1. The van der Waals surface area contributed by atoms with Gasteiger partial charge in [-0.25, -0.2) is 0 Å². The smallest absolute Gasteiger partial charge is 0.123 e. The molecule has 4 unspecified atom stereocenters. The average Bonchev–Trinajstić information content (AvgIpc) is 3.07. The first-order chi connectivity index (χ1) is 9.67. The molecule has 2 nitrogen and oxygen atoms in total. The Morgan fingerprint density at radius 3 is 2.80 bits per heavy atom. The van der Waals surface area contributed by atoms with E-state index in [-0.39, 0.29) is 0 Å². The minimum Gasteiger partial charge on any atom is -0.496 e. The van der Waals surface area contributed by atoms with Crippen molar-refractivity contribution in [3.05, 3.63) is 41.5 Å². The van der Waals surface area contributed by atoms with Gasteiger partial charge in [0.2, 0.25) is 0 Å². The van der Waals surface area contributed by atoms with Crippen LogP contribution in [0.25, 0.3) is 0 Å². The van der Waals surface area contributed by atoms with Gasteiger partial charge in [0, 0.05) is 11.6 Å². The summed E-state index contributed by atoms with van der Waals surface area (Å²) in [5.74, 6) is 3.49. The molecule has 2 bridgehead atoms. The molecule has 1 aromatic carbocycles. The van der Waals surface area contributed by atoms with Crippen LogP contribution in [0.1, 0.15) is 36.9 Å². The van der Waals surface area contributed by atoms with Crippen molar-refractivity contribution in [1.29, 1.82) is 0 Å². The van der Waals surface area contributed by atoms with E-state index in [1.165, 1.54) is 24.0 Å². The van der Waals surface area contributed by atoms with E-state index in [4.69, 9.17) is 4.74 Å². The number of methoxy groups -OCH3 is 1. The molecular weight excluding hydrogens is 246 g/mol. The minimum atomic E-state index is 0.341. The van der Waals surface area contributed by atoms with E-state index in [0.29, 0.717) is 6.04 Å². The molecule has 0 amide bonds. The van der Waals surface area contributed by atoms with Gasteiger partial charge in [0.05, 0.1) is 7.11 Å². The lowest BCUT2D eigenvalue weighted by molar-refractivity contribution is 0.377. The summed E-state index contributed by atoms with van der Waals surface area (Å²) in [4.78, 5) is 0.